The Morgan fingerprint density at radius 3 is 1.82 bits per heavy atom. The third kappa shape index (κ3) is 7.48. The van der Waals surface area contributed by atoms with E-state index < -0.39 is 36.9 Å². The summed E-state index contributed by atoms with van der Waals surface area (Å²) in [5.41, 5.74) is -3.55. The second kappa shape index (κ2) is 8.88. The molecule has 0 unspecified atom stereocenters. The molecule has 1 rings (SSSR count). The first-order chi connectivity index (χ1) is 12.5. The first kappa shape index (κ1) is 24.5. The van der Waals surface area contributed by atoms with E-state index in [1.54, 1.807) is 13.8 Å². The van der Waals surface area contributed by atoms with Gasteiger partial charge in [-0.15, -0.1) is 0 Å². The summed E-state index contributed by atoms with van der Waals surface area (Å²) in [6, 6.07) is 1.06. The van der Waals surface area contributed by atoms with Crippen molar-refractivity contribution >= 4 is 13.4 Å². The Balaban J connectivity index is 3.73. The van der Waals surface area contributed by atoms with Gasteiger partial charge in [0.15, 0.2) is 0 Å². The van der Waals surface area contributed by atoms with Crippen molar-refractivity contribution in [1.82, 2.24) is 0 Å². The molecule has 1 aromatic carbocycles. The van der Waals surface area contributed by atoms with Crippen LogP contribution in [0.5, 0.6) is 0 Å². The average molecular weight is 434 g/mol. The highest BCUT2D eigenvalue weighted by Crippen LogP contribution is 2.44. The van der Waals surface area contributed by atoms with Crippen LogP contribution in [0, 0.1) is 5.92 Å². The van der Waals surface area contributed by atoms with E-state index in [4.69, 9.17) is 9.79 Å². The van der Waals surface area contributed by atoms with Gasteiger partial charge in [0.25, 0.3) is 0 Å². The summed E-state index contributed by atoms with van der Waals surface area (Å²) < 4.78 is 94.5. The van der Waals surface area contributed by atoms with Gasteiger partial charge in [0, 0.05) is 6.42 Å². The van der Waals surface area contributed by atoms with Crippen molar-refractivity contribution in [2.75, 3.05) is 0 Å². The molecule has 4 nitrogen and oxygen atoms in total. The Morgan fingerprint density at radius 2 is 1.50 bits per heavy atom. The smallest absolute Gasteiger partial charge is 0.408 e. The van der Waals surface area contributed by atoms with E-state index in [9.17, 15) is 30.9 Å². The lowest BCUT2D eigenvalue weighted by atomic mass is 9.92. The molecule has 160 valence electrons. The summed E-state index contributed by atoms with van der Waals surface area (Å²) in [6.07, 6.45) is -9.85. The van der Waals surface area contributed by atoms with Crippen LogP contribution in [0.2, 0.25) is 0 Å². The molecule has 0 aliphatic heterocycles. The van der Waals surface area contributed by atoms with E-state index in [1.165, 1.54) is 6.92 Å². The number of hydrogen-bond acceptors (Lipinski definition) is 2. The van der Waals surface area contributed by atoms with Crippen LogP contribution < -0.4 is 0 Å². The van der Waals surface area contributed by atoms with Crippen molar-refractivity contribution in [2.24, 2.45) is 5.92 Å². The monoisotopic (exact) mass is 434 g/mol. The van der Waals surface area contributed by atoms with Crippen LogP contribution in [0.4, 0.5) is 26.3 Å². The van der Waals surface area contributed by atoms with Gasteiger partial charge in [-0.3, -0.25) is 9.79 Å². The fourth-order valence-corrected chi connectivity index (χ4v) is 3.01. The van der Waals surface area contributed by atoms with Gasteiger partial charge in [0.1, 0.15) is 5.76 Å². The Kier molecular flexibility index (Phi) is 7.78. The van der Waals surface area contributed by atoms with Gasteiger partial charge >= 0.3 is 20.2 Å². The third-order valence-corrected chi connectivity index (χ3v) is 4.25. The summed E-state index contributed by atoms with van der Waals surface area (Å²) in [7, 11) is -5.05. The van der Waals surface area contributed by atoms with Crippen molar-refractivity contribution in [1.29, 1.82) is 0 Å². The molecule has 1 aromatic rings. The Morgan fingerprint density at radius 1 is 1.04 bits per heavy atom. The Hall–Kier alpha value is -1.51. The molecule has 0 atom stereocenters. The van der Waals surface area contributed by atoms with Crippen LogP contribution in [0.15, 0.2) is 24.0 Å². The number of hydrogen-bond donors (Lipinski definition) is 2. The van der Waals surface area contributed by atoms with Gasteiger partial charge in [-0.25, -0.2) is 4.57 Å². The second-order valence-electron chi connectivity index (χ2n) is 6.56. The number of phosphoric acid groups is 1. The second-order valence-corrected chi connectivity index (χ2v) is 7.73. The SMILES string of the molecule is CC/C(OP(=O)(O)O)=C(\CCC(C)C)c1cc(C(F)(F)F)cc(C(F)(F)F)c1. The number of benzene rings is 1. The van der Waals surface area contributed by atoms with E-state index >= 15 is 0 Å². The van der Waals surface area contributed by atoms with Crippen molar-refractivity contribution < 1.29 is 45.2 Å². The zero-order valence-corrected chi connectivity index (χ0v) is 16.3. The first-order valence-corrected chi connectivity index (χ1v) is 9.84. The van der Waals surface area contributed by atoms with E-state index in [1.807, 2.05) is 0 Å². The lowest BCUT2D eigenvalue weighted by molar-refractivity contribution is -0.143. The molecule has 0 amide bonds. The van der Waals surface area contributed by atoms with Crippen molar-refractivity contribution in [3.05, 3.63) is 40.6 Å². The molecule has 11 heteroatoms. The quantitative estimate of drug-likeness (QED) is 0.297. The molecule has 28 heavy (non-hydrogen) atoms. The standard InChI is InChI=1S/C17H21F6O4P/c1-4-15(27-28(24,25)26)14(6-5-10(2)3)11-7-12(16(18,19)20)9-13(8-11)17(21,22)23/h7-10H,4-6H2,1-3H3,(H2,24,25,26)/b15-14-. The molecule has 0 aliphatic rings. The lowest BCUT2D eigenvalue weighted by Crippen LogP contribution is -2.12. The van der Waals surface area contributed by atoms with Crippen LogP contribution >= 0.6 is 7.82 Å². The zero-order chi connectivity index (χ0) is 21.9. The van der Waals surface area contributed by atoms with Crippen LogP contribution in [-0.4, -0.2) is 9.79 Å². The van der Waals surface area contributed by atoms with Crippen LogP contribution in [-0.2, 0) is 21.4 Å². The van der Waals surface area contributed by atoms with Gasteiger partial charge in [-0.2, -0.15) is 26.3 Å². The van der Waals surface area contributed by atoms with E-state index in [2.05, 4.69) is 4.52 Å². The van der Waals surface area contributed by atoms with Crippen LogP contribution in [0.25, 0.3) is 5.57 Å². The van der Waals surface area contributed by atoms with Crippen molar-refractivity contribution in [3.63, 3.8) is 0 Å². The van der Waals surface area contributed by atoms with Gasteiger partial charge < -0.3 is 4.52 Å². The topological polar surface area (TPSA) is 66.8 Å². The molecule has 0 aromatic heterocycles. The summed E-state index contributed by atoms with van der Waals surface area (Å²) in [5, 5.41) is 0. The van der Waals surface area contributed by atoms with E-state index in [0.29, 0.717) is 18.6 Å². The van der Waals surface area contributed by atoms with Crippen LogP contribution in [0.3, 0.4) is 0 Å². The molecule has 0 bridgehead atoms. The highest BCUT2D eigenvalue weighted by molar-refractivity contribution is 7.46. The predicted octanol–water partition coefficient (Wildman–Crippen LogP) is 6.39. The van der Waals surface area contributed by atoms with Crippen molar-refractivity contribution in [2.45, 2.75) is 52.4 Å². The number of rotatable bonds is 7. The minimum Gasteiger partial charge on any atom is -0.408 e. The molecule has 0 saturated heterocycles. The number of phosphoric ester groups is 1. The number of alkyl halides is 6. The van der Waals surface area contributed by atoms with E-state index in [-0.39, 0.29) is 36.2 Å². The summed E-state index contributed by atoms with van der Waals surface area (Å²) in [6.45, 7) is 5.01. The lowest BCUT2D eigenvalue weighted by Gasteiger charge is -2.20. The number of allylic oxidation sites excluding steroid dienone is 2. The number of halogens is 6. The molecular weight excluding hydrogens is 413 g/mol. The highest BCUT2D eigenvalue weighted by Gasteiger charge is 2.37. The minimum absolute atomic E-state index is 0.000970. The molecule has 0 radical (unpaired) electrons. The van der Waals surface area contributed by atoms with Crippen molar-refractivity contribution in [3.8, 4) is 0 Å². The maximum atomic E-state index is 13.1. The fourth-order valence-electron chi connectivity index (χ4n) is 2.48. The zero-order valence-electron chi connectivity index (χ0n) is 15.4. The van der Waals surface area contributed by atoms with Gasteiger partial charge in [0.05, 0.1) is 11.1 Å². The van der Waals surface area contributed by atoms with Gasteiger partial charge in [-0.05, 0) is 48.1 Å². The molecule has 2 N–H and O–H groups in total. The van der Waals surface area contributed by atoms with Crippen LogP contribution in [0.1, 0.15) is 56.7 Å². The first-order valence-electron chi connectivity index (χ1n) is 8.31. The normalized spacial score (nSPS) is 14.3. The highest BCUT2D eigenvalue weighted by atomic mass is 31.2. The summed E-state index contributed by atoms with van der Waals surface area (Å²) >= 11 is 0. The Bertz CT molecular complexity index is 730. The molecule has 0 fully saturated rings. The average Bonchev–Trinajstić information content (AvgIpc) is 2.50. The molecule has 0 saturated carbocycles. The largest absolute Gasteiger partial charge is 0.524 e. The summed E-state index contributed by atoms with van der Waals surface area (Å²) in [5.74, 6) is -0.308. The van der Waals surface area contributed by atoms with E-state index in [0.717, 1.165) is 0 Å². The van der Waals surface area contributed by atoms with Gasteiger partial charge in [-0.1, -0.05) is 20.8 Å². The van der Waals surface area contributed by atoms with Gasteiger partial charge in [0.2, 0.25) is 0 Å². The summed E-state index contributed by atoms with van der Waals surface area (Å²) in [4.78, 5) is 18.1. The third-order valence-electron chi connectivity index (χ3n) is 3.79. The minimum atomic E-state index is -5.05. The maximum absolute atomic E-state index is 13.1. The molecule has 0 aliphatic carbocycles. The molecule has 0 spiro atoms. The predicted molar refractivity (Wildman–Crippen MR) is 90.9 cm³/mol. The Labute approximate surface area is 158 Å². The molecular formula is C17H21F6O4P. The fraction of sp³-hybridized carbons (Fsp3) is 0.529. The maximum Gasteiger partial charge on any atom is 0.524 e. The molecule has 0 heterocycles.